The lowest BCUT2D eigenvalue weighted by molar-refractivity contribution is 0.386. The Hall–Kier alpha value is -2.36. The molecule has 0 spiro atoms. The normalized spacial score (nSPS) is 22.3. The molecule has 0 bridgehead atoms. The molecule has 0 aliphatic heterocycles. The average molecular weight is 354 g/mol. The summed E-state index contributed by atoms with van der Waals surface area (Å²) in [5.74, 6) is 1.04. The van der Waals surface area contributed by atoms with Gasteiger partial charge in [0.2, 0.25) is 0 Å². The molecule has 27 heavy (non-hydrogen) atoms. The van der Waals surface area contributed by atoms with Gasteiger partial charge in [-0.1, -0.05) is 85.3 Å². The molecule has 2 aliphatic rings. The van der Waals surface area contributed by atoms with E-state index in [1.165, 1.54) is 41.5 Å². The maximum Gasteiger partial charge on any atom is 0.488 e. The molecule has 2 aliphatic carbocycles. The Bertz CT molecular complexity index is 913. The summed E-state index contributed by atoms with van der Waals surface area (Å²) in [7, 11) is -1.44. The van der Waals surface area contributed by atoms with Crippen molar-refractivity contribution in [2.75, 3.05) is 0 Å². The SMILES string of the molecule is OB(O)c1ccc2c(c1)C(c1ccccc1)(c1ccccc1)C1CCCC21. The summed E-state index contributed by atoms with van der Waals surface area (Å²) in [6.07, 6.45) is 3.65. The minimum atomic E-state index is -1.44. The molecule has 0 amide bonds. The van der Waals surface area contributed by atoms with Crippen LogP contribution < -0.4 is 5.46 Å². The van der Waals surface area contributed by atoms with Crippen molar-refractivity contribution in [1.29, 1.82) is 0 Å². The highest BCUT2D eigenvalue weighted by atomic mass is 16.4. The highest BCUT2D eigenvalue weighted by Crippen LogP contribution is 2.62. The van der Waals surface area contributed by atoms with E-state index in [1.807, 2.05) is 12.1 Å². The lowest BCUT2D eigenvalue weighted by Crippen LogP contribution is -2.36. The Morgan fingerprint density at radius 2 is 1.41 bits per heavy atom. The van der Waals surface area contributed by atoms with E-state index in [0.717, 1.165) is 0 Å². The van der Waals surface area contributed by atoms with Crippen molar-refractivity contribution in [2.24, 2.45) is 5.92 Å². The van der Waals surface area contributed by atoms with Gasteiger partial charge < -0.3 is 10.0 Å². The van der Waals surface area contributed by atoms with E-state index in [9.17, 15) is 10.0 Å². The lowest BCUT2D eigenvalue weighted by atomic mass is 9.63. The van der Waals surface area contributed by atoms with Crippen LogP contribution in [0.3, 0.4) is 0 Å². The highest BCUT2D eigenvalue weighted by Gasteiger charge is 2.55. The van der Waals surface area contributed by atoms with E-state index in [2.05, 4.69) is 66.7 Å². The van der Waals surface area contributed by atoms with E-state index in [0.29, 0.717) is 17.3 Å². The quantitative estimate of drug-likeness (QED) is 0.706. The Morgan fingerprint density at radius 3 is 2.00 bits per heavy atom. The maximum absolute atomic E-state index is 9.82. The topological polar surface area (TPSA) is 40.5 Å². The smallest absolute Gasteiger partial charge is 0.423 e. The minimum absolute atomic E-state index is 0.232. The molecular formula is C24H23BO2. The molecule has 3 aromatic carbocycles. The van der Waals surface area contributed by atoms with Crippen LogP contribution in [-0.4, -0.2) is 17.2 Å². The molecule has 0 heterocycles. The Kier molecular flexibility index (Phi) is 3.96. The summed E-state index contributed by atoms with van der Waals surface area (Å²) in [5.41, 5.74) is 5.58. The van der Waals surface area contributed by atoms with Crippen LogP contribution in [-0.2, 0) is 5.41 Å². The molecule has 2 N–H and O–H groups in total. The first-order valence-electron chi connectivity index (χ1n) is 9.84. The monoisotopic (exact) mass is 354 g/mol. The molecule has 5 rings (SSSR count). The van der Waals surface area contributed by atoms with Gasteiger partial charge in [0.1, 0.15) is 0 Å². The Labute approximate surface area is 160 Å². The standard InChI is InChI=1S/C24H23BO2/c26-25(27)19-14-15-21-20-12-7-13-22(20)24(23(21)16-19,17-8-3-1-4-9-17)18-10-5-2-6-11-18/h1-6,8-11,14-16,20,22,26-27H,7,12-13H2. The van der Waals surface area contributed by atoms with Crippen LogP contribution in [0.5, 0.6) is 0 Å². The molecule has 0 saturated heterocycles. The van der Waals surface area contributed by atoms with Crippen LogP contribution in [0.4, 0.5) is 0 Å². The fourth-order valence-corrected chi connectivity index (χ4v) is 5.76. The zero-order chi connectivity index (χ0) is 18.4. The van der Waals surface area contributed by atoms with Crippen LogP contribution in [0.25, 0.3) is 0 Å². The van der Waals surface area contributed by atoms with Crippen LogP contribution >= 0.6 is 0 Å². The molecule has 3 heteroatoms. The van der Waals surface area contributed by atoms with Gasteiger partial charge in [0.05, 0.1) is 0 Å². The van der Waals surface area contributed by atoms with Crippen molar-refractivity contribution in [3.05, 3.63) is 101 Å². The van der Waals surface area contributed by atoms with Crippen molar-refractivity contribution >= 4 is 12.6 Å². The average Bonchev–Trinajstić information content (AvgIpc) is 3.29. The van der Waals surface area contributed by atoms with Crippen LogP contribution in [0.2, 0.25) is 0 Å². The van der Waals surface area contributed by atoms with E-state index in [-0.39, 0.29) is 5.41 Å². The molecule has 3 aromatic rings. The second-order valence-corrected chi connectivity index (χ2v) is 7.90. The van der Waals surface area contributed by atoms with Gasteiger partial charge >= 0.3 is 7.12 Å². The predicted molar refractivity (Wildman–Crippen MR) is 109 cm³/mol. The fraction of sp³-hybridized carbons (Fsp3) is 0.250. The zero-order valence-corrected chi connectivity index (χ0v) is 15.3. The molecule has 1 saturated carbocycles. The van der Waals surface area contributed by atoms with Gasteiger partial charge in [0, 0.05) is 5.41 Å². The largest absolute Gasteiger partial charge is 0.488 e. The first-order valence-corrected chi connectivity index (χ1v) is 9.84. The minimum Gasteiger partial charge on any atom is -0.423 e. The fourth-order valence-electron chi connectivity index (χ4n) is 5.76. The number of fused-ring (bicyclic) bond motifs is 3. The van der Waals surface area contributed by atoms with Crippen LogP contribution in [0, 0.1) is 5.92 Å². The Balaban J connectivity index is 1.87. The highest BCUT2D eigenvalue weighted by molar-refractivity contribution is 6.58. The van der Waals surface area contributed by atoms with Gasteiger partial charge in [-0.25, -0.2) is 0 Å². The van der Waals surface area contributed by atoms with E-state index in [1.54, 1.807) is 0 Å². The molecule has 134 valence electrons. The second kappa shape index (κ2) is 6.37. The predicted octanol–water partition coefficient (Wildman–Crippen LogP) is 3.60. The van der Waals surface area contributed by atoms with Crippen molar-refractivity contribution in [3.8, 4) is 0 Å². The molecule has 2 unspecified atom stereocenters. The summed E-state index contributed by atoms with van der Waals surface area (Å²) in [4.78, 5) is 0. The first-order chi connectivity index (χ1) is 13.2. The summed E-state index contributed by atoms with van der Waals surface area (Å²) in [5, 5.41) is 19.6. The van der Waals surface area contributed by atoms with Crippen molar-refractivity contribution in [2.45, 2.75) is 30.6 Å². The molecular weight excluding hydrogens is 331 g/mol. The molecule has 2 nitrogen and oxygen atoms in total. The zero-order valence-electron chi connectivity index (χ0n) is 15.3. The number of rotatable bonds is 3. The maximum atomic E-state index is 9.82. The third-order valence-electron chi connectivity index (χ3n) is 6.73. The van der Waals surface area contributed by atoms with Gasteiger partial charge in [-0.3, -0.25) is 0 Å². The number of benzene rings is 3. The van der Waals surface area contributed by atoms with E-state index >= 15 is 0 Å². The van der Waals surface area contributed by atoms with Crippen molar-refractivity contribution in [3.63, 3.8) is 0 Å². The van der Waals surface area contributed by atoms with Crippen molar-refractivity contribution < 1.29 is 10.0 Å². The molecule has 2 atom stereocenters. The Morgan fingerprint density at radius 1 is 0.778 bits per heavy atom. The summed E-state index contributed by atoms with van der Waals surface area (Å²) < 4.78 is 0. The first kappa shape index (κ1) is 16.8. The second-order valence-electron chi connectivity index (χ2n) is 7.90. The van der Waals surface area contributed by atoms with Gasteiger partial charge in [0.25, 0.3) is 0 Å². The van der Waals surface area contributed by atoms with Crippen LogP contribution in [0.15, 0.2) is 78.9 Å². The van der Waals surface area contributed by atoms with Gasteiger partial charge in [-0.2, -0.15) is 0 Å². The van der Waals surface area contributed by atoms with Gasteiger partial charge in [-0.15, -0.1) is 0 Å². The van der Waals surface area contributed by atoms with Gasteiger partial charge in [-0.05, 0) is 52.4 Å². The van der Waals surface area contributed by atoms with Crippen molar-refractivity contribution in [1.82, 2.24) is 0 Å². The summed E-state index contributed by atoms with van der Waals surface area (Å²) in [6, 6.07) is 27.6. The molecule has 1 fully saturated rings. The molecule has 0 radical (unpaired) electrons. The van der Waals surface area contributed by atoms with Crippen LogP contribution in [0.1, 0.15) is 47.4 Å². The van der Waals surface area contributed by atoms with E-state index in [4.69, 9.17) is 0 Å². The third-order valence-corrected chi connectivity index (χ3v) is 6.73. The third kappa shape index (κ3) is 2.35. The van der Waals surface area contributed by atoms with Gasteiger partial charge in [0.15, 0.2) is 0 Å². The summed E-state index contributed by atoms with van der Waals surface area (Å²) >= 11 is 0. The van der Waals surface area contributed by atoms with E-state index < -0.39 is 7.12 Å². The number of hydrogen-bond acceptors (Lipinski definition) is 2. The lowest BCUT2D eigenvalue weighted by Gasteiger charge is -2.38. The summed E-state index contributed by atoms with van der Waals surface area (Å²) in [6.45, 7) is 0. The number of hydrogen-bond donors (Lipinski definition) is 2. The molecule has 0 aromatic heterocycles.